The van der Waals surface area contributed by atoms with Crippen LogP contribution in [0.5, 0.6) is 0 Å². The Hall–Kier alpha value is -1.69. The Morgan fingerprint density at radius 3 is 2.88 bits per heavy atom. The van der Waals surface area contributed by atoms with E-state index in [0.29, 0.717) is 12.4 Å². The molecule has 0 aliphatic rings. The van der Waals surface area contributed by atoms with Crippen LogP contribution in [-0.2, 0) is 0 Å². The van der Waals surface area contributed by atoms with Gasteiger partial charge < -0.3 is 10.4 Å². The van der Waals surface area contributed by atoms with Gasteiger partial charge in [-0.1, -0.05) is 13.8 Å². The van der Waals surface area contributed by atoms with Crippen LogP contribution in [0, 0.1) is 15.5 Å². The van der Waals surface area contributed by atoms with E-state index < -0.39 is 4.92 Å². The average molecular weight is 225 g/mol. The highest BCUT2D eigenvalue weighted by Gasteiger charge is 2.16. The molecule has 6 nitrogen and oxygen atoms in total. The number of nitro groups is 1. The summed E-state index contributed by atoms with van der Waals surface area (Å²) >= 11 is 0. The molecule has 0 radical (unpaired) electrons. The van der Waals surface area contributed by atoms with Crippen molar-refractivity contribution >= 4 is 11.5 Å². The van der Waals surface area contributed by atoms with Crippen molar-refractivity contribution in [3.05, 3.63) is 28.4 Å². The van der Waals surface area contributed by atoms with Gasteiger partial charge in [-0.15, -0.1) is 0 Å². The SMILES string of the molecule is CC(C)(CO)CNc1cc([N+](=O)[O-])ccn1. The summed E-state index contributed by atoms with van der Waals surface area (Å²) in [5, 5.41) is 22.5. The van der Waals surface area contributed by atoms with E-state index >= 15 is 0 Å². The number of anilines is 1. The third-order valence-corrected chi connectivity index (χ3v) is 2.13. The van der Waals surface area contributed by atoms with Crippen molar-refractivity contribution < 1.29 is 10.0 Å². The molecule has 0 amide bonds. The summed E-state index contributed by atoms with van der Waals surface area (Å²) in [6.45, 7) is 4.31. The van der Waals surface area contributed by atoms with Crippen molar-refractivity contribution in [1.29, 1.82) is 0 Å². The predicted octanol–water partition coefficient (Wildman–Crippen LogP) is 1.42. The van der Waals surface area contributed by atoms with Gasteiger partial charge in [-0.3, -0.25) is 10.1 Å². The minimum atomic E-state index is -0.468. The molecular weight excluding hydrogens is 210 g/mol. The van der Waals surface area contributed by atoms with Crippen LogP contribution in [0.25, 0.3) is 0 Å². The monoisotopic (exact) mass is 225 g/mol. The molecule has 0 bridgehead atoms. The summed E-state index contributed by atoms with van der Waals surface area (Å²) in [6, 6.07) is 2.70. The second-order valence-corrected chi connectivity index (χ2v) is 4.33. The largest absolute Gasteiger partial charge is 0.396 e. The standard InChI is InChI=1S/C10H15N3O3/c1-10(2,7-14)6-12-9-5-8(13(15)16)3-4-11-9/h3-5,14H,6-7H2,1-2H3,(H,11,12). The van der Waals surface area contributed by atoms with E-state index in [-0.39, 0.29) is 17.7 Å². The van der Waals surface area contributed by atoms with Crippen LogP contribution in [0.15, 0.2) is 18.3 Å². The number of hydrogen-bond acceptors (Lipinski definition) is 5. The van der Waals surface area contributed by atoms with Crippen molar-refractivity contribution in [3.63, 3.8) is 0 Å². The van der Waals surface area contributed by atoms with E-state index in [2.05, 4.69) is 10.3 Å². The van der Waals surface area contributed by atoms with Crippen molar-refractivity contribution in [2.24, 2.45) is 5.41 Å². The maximum atomic E-state index is 10.5. The van der Waals surface area contributed by atoms with Gasteiger partial charge in [-0.05, 0) is 0 Å². The van der Waals surface area contributed by atoms with Crippen molar-refractivity contribution in [2.45, 2.75) is 13.8 Å². The first-order valence-corrected chi connectivity index (χ1v) is 4.90. The average Bonchev–Trinajstić information content (AvgIpc) is 2.27. The number of aliphatic hydroxyl groups is 1. The van der Waals surface area contributed by atoms with E-state index in [1.165, 1.54) is 18.3 Å². The van der Waals surface area contributed by atoms with E-state index in [1.807, 2.05) is 13.8 Å². The molecular formula is C10H15N3O3. The molecule has 0 fully saturated rings. The van der Waals surface area contributed by atoms with Gasteiger partial charge in [0.15, 0.2) is 0 Å². The molecule has 0 aromatic carbocycles. The molecule has 0 unspecified atom stereocenters. The highest BCUT2D eigenvalue weighted by Crippen LogP contribution is 2.17. The fourth-order valence-corrected chi connectivity index (χ4v) is 1.02. The summed E-state index contributed by atoms with van der Waals surface area (Å²) in [5.41, 5.74) is -0.286. The van der Waals surface area contributed by atoms with E-state index in [9.17, 15) is 10.1 Å². The van der Waals surface area contributed by atoms with E-state index in [4.69, 9.17) is 5.11 Å². The molecule has 0 aliphatic heterocycles. The van der Waals surface area contributed by atoms with Crippen LogP contribution >= 0.6 is 0 Å². The Morgan fingerprint density at radius 1 is 1.62 bits per heavy atom. The van der Waals surface area contributed by atoms with Crippen LogP contribution < -0.4 is 5.32 Å². The molecule has 1 aromatic heterocycles. The van der Waals surface area contributed by atoms with Crippen molar-refractivity contribution in [2.75, 3.05) is 18.5 Å². The zero-order chi connectivity index (χ0) is 12.2. The second kappa shape index (κ2) is 4.89. The van der Waals surface area contributed by atoms with Gasteiger partial charge in [0, 0.05) is 30.8 Å². The minimum Gasteiger partial charge on any atom is -0.396 e. The van der Waals surface area contributed by atoms with Crippen molar-refractivity contribution in [3.8, 4) is 0 Å². The Bertz CT molecular complexity index is 379. The second-order valence-electron chi connectivity index (χ2n) is 4.33. The maximum Gasteiger partial charge on any atom is 0.274 e. The normalized spacial score (nSPS) is 11.2. The van der Waals surface area contributed by atoms with Gasteiger partial charge in [0.1, 0.15) is 5.82 Å². The van der Waals surface area contributed by atoms with Crippen LogP contribution in [0.1, 0.15) is 13.8 Å². The Balaban J connectivity index is 2.68. The lowest BCUT2D eigenvalue weighted by atomic mass is 9.95. The molecule has 0 atom stereocenters. The third kappa shape index (κ3) is 3.47. The number of aromatic nitrogens is 1. The van der Waals surface area contributed by atoms with E-state index in [0.717, 1.165) is 0 Å². The molecule has 88 valence electrons. The fraction of sp³-hybridized carbons (Fsp3) is 0.500. The molecule has 1 heterocycles. The molecule has 0 saturated heterocycles. The van der Waals surface area contributed by atoms with Crippen LogP contribution in [-0.4, -0.2) is 28.2 Å². The van der Waals surface area contributed by atoms with Gasteiger partial charge >= 0.3 is 0 Å². The zero-order valence-electron chi connectivity index (χ0n) is 9.30. The molecule has 0 saturated carbocycles. The highest BCUT2D eigenvalue weighted by atomic mass is 16.6. The van der Waals surface area contributed by atoms with Gasteiger partial charge in [-0.25, -0.2) is 4.98 Å². The Labute approximate surface area is 93.5 Å². The van der Waals surface area contributed by atoms with Crippen molar-refractivity contribution in [1.82, 2.24) is 4.98 Å². The number of rotatable bonds is 5. The molecule has 1 aromatic rings. The fourth-order valence-electron chi connectivity index (χ4n) is 1.02. The number of aliphatic hydroxyl groups excluding tert-OH is 1. The van der Waals surface area contributed by atoms with Gasteiger partial charge in [-0.2, -0.15) is 0 Å². The van der Waals surface area contributed by atoms with Crippen LogP contribution in [0.2, 0.25) is 0 Å². The number of hydrogen-bond donors (Lipinski definition) is 2. The first-order valence-electron chi connectivity index (χ1n) is 4.90. The lowest BCUT2D eigenvalue weighted by molar-refractivity contribution is -0.384. The lowest BCUT2D eigenvalue weighted by Gasteiger charge is -2.21. The Kier molecular flexibility index (Phi) is 3.78. The van der Waals surface area contributed by atoms with Crippen LogP contribution in [0.4, 0.5) is 11.5 Å². The molecule has 0 spiro atoms. The number of nitrogens with one attached hydrogen (secondary N) is 1. The third-order valence-electron chi connectivity index (χ3n) is 2.13. The topological polar surface area (TPSA) is 88.3 Å². The van der Waals surface area contributed by atoms with Gasteiger partial charge in [0.25, 0.3) is 5.69 Å². The Morgan fingerprint density at radius 2 is 2.31 bits per heavy atom. The predicted molar refractivity (Wildman–Crippen MR) is 60.2 cm³/mol. The van der Waals surface area contributed by atoms with Crippen LogP contribution in [0.3, 0.4) is 0 Å². The summed E-state index contributed by atoms with van der Waals surface area (Å²) in [6.07, 6.45) is 1.38. The summed E-state index contributed by atoms with van der Waals surface area (Å²) in [7, 11) is 0. The van der Waals surface area contributed by atoms with E-state index in [1.54, 1.807) is 0 Å². The summed E-state index contributed by atoms with van der Waals surface area (Å²) < 4.78 is 0. The summed E-state index contributed by atoms with van der Waals surface area (Å²) in [4.78, 5) is 14.0. The number of nitrogens with zero attached hydrogens (tertiary/aromatic N) is 2. The van der Waals surface area contributed by atoms with Gasteiger partial charge in [0.05, 0.1) is 11.0 Å². The molecule has 6 heteroatoms. The molecule has 2 N–H and O–H groups in total. The highest BCUT2D eigenvalue weighted by molar-refractivity contribution is 5.44. The summed E-state index contributed by atoms with van der Waals surface area (Å²) in [5.74, 6) is 0.440. The number of pyridine rings is 1. The molecule has 1 rings (SSSR count). The quantitative estimate of drug-likeness (QED) is 0.584. The maximum absolute atomic E-state index is 10.5. The minimum absolute atomic E-state index is 0.000644. The lowest BCUT2D eigenvalue weighted by Crippen LogP contribution is -2.27. The first-order chi connectivity index (χ1) is 7.44. The first kappa shape index (κ1) is 12.4. The van der Waals surface area contributed by atoms with Gasteiger partial charge in [0.2, 0.25) is 0 Å². The zero-order valence-corrected chi connectivity index (χ0v) is 9.30. The molecule has 16 heavy (non-hydrogen) atoms. The smallest absolute Gasteiger partial charge is 0.274 e. The molecule has 0 aliphatic carbocycles.